The van der Waals surface area contributed by atoms with Crippen LogP contribution in [-0.2, 0) is 14.1 Å². The highest BCUT2D eigenvalue weighted by atomic mass is 31.2. The van der Waals surface area contributed by atoms with E-state index in [1.807, 2.05) is 0 Å². The molecule has 0 aromatic carbocycles. The molecule has 0 saturated heterocycles. The Morgan fingerprint density at radius 1 is 0.778 bits per heavy atom. The molecule has 0 rings (SSSR count). The highest BCUT2D eigenvalue weighted by Gasteiger charge is 2.43. The molecule has 0 aliphatic rings. The molecule has 0 bridgehead atoms. The van der Waals surface area contributed by atoms with Crippen molar-refractivity contribution in [3.8, 4) is 0 Å². The molecule has 0 aliphatic carbocycles. The molecule has 0 fully saturated rings. The van der Waals surface area contributed by atoms with Crippen molar-refractivity contribution in [2.75, 3.05) is 12.8 Å². The Bertz CT molecular complexity index is 403. The lowest BCUT2D eigenvalue weighted by molar-refractivity contribution is -0.155. The second-order valence-electron chi connectivity index (χ2n) is 7.86. The Morgan fingerprint density at radius 3 is 1.56 bits per heavy atom. The van der Waals surface area contributed by atoms with Crippen molar-refractivity contribution in [3.63, 3.8) is 0 Å². The van der Waals surface area contributed by atoms with E-state index < -0.39 is 19.0 Å². The number of carbonyl (C=O) groups is 1. The van der Waals surface area contributed by atoms with Gasteiger partial charge in [0, 0.05) is 0 Å². The zero-order chi connectivity index (χ0) is 20.6. The second-order valence-corrected chi connectivity index (χ2v) is 9.50. The summed E-state index contributed by atoms with van der Waals surface area (Å²) in [6.45, 7) is 6.34. The van der Waals surface area contributed by atoms with E-state index in [1.165, 1.54) is 38.5 Å². The summed E-state index contributed by atoms with van der Waals surface area (Å²) in [5.74, 6) is -0.421. The lowest BCUT2D eigenvalue weighted by Crippen LogP contribution is -2.37. The summed E-state index contributed by atoms with van der Waals surface area (Å²) < 4.78 is 17.1. The maximum Gasteiger partial charge on any atom is 0.326 e. The third-order valence-electron chi connectivity index (χ3n) is 5.23. The molecule has 0 unspecified atom stereocenters. The van der Waals surface area contributed by atoms with Crippen molar-refractivity contribution >= 4 is 13.6 Å². The van der Waals surface area contributed by atoms with Crippen molar-refractivity contribution in [2.45, 2.75) is 111 Å². The van der Waals surface area contributed by atoms with E-state index in [-0.39, 0.29) is 12.8 Å². The van der Waals surface area contributed by atoms with E-state index >= 15 is 0 Å². The van der Waals surface area contributed by atoms with Gasteiger partial charge in [-0.25, -0.2) is 0 Å². The summed E-state index contributed by atoms with van der Waals surface area (Å²) in [6.07, 6.45) is 13.6. The van der Waals surface area contributed by atoms with E-state index in [0.29, 0.717) is 12.8 Å². The average Bonchev–Trinajstić information content (AvgIpc) is 2.59. The minimum atomic E-state index is -4.30. The van der Waals surface area contributed by atoms with Crippen LogP contribution in [0.1, 0.15) is 111 Å². The summed E-state index contributed by atoms with van der Waals surface area (Å²) in [5, 5.41) is 0. The van der Waals surface area contributed by atoms with Crippen LogP contribution in [0.2, 0.25) is 0 Å². The first-order valence-electron chi connectivity index (χ1n) is 11.0. The molecule has 162 valence electrons. The molecule has 0 heterocycles. The molecule has 0 aromatic rings. The van der Waals surface area contributed by atoms with Gasteiger partial charge in [-0.2, -0.15) is 0 Å². The van der Waals surface area contributed by atoms with Crippen molar-refractivity contribution < 1.29 is 23.9 Å². The molecule has 0 atom stereocenters. The first-order chi connectivity index (χ1) is 12.8. The summed E-state index contributed by atoms with van der Waals surface area (Å²) >= 11 is 0. The van der Waals surface area contributed by atoms with Crippen LogP contribution < -0.4 is 0 Å². The van der Waals surface area contributed by atoms with E-state index in [4.69, 9.17) is 4.74 Å². The average molecular weight is 407 g/mol. The maximum atomic E-state index is 12.7. The number of hydrogen-bond donors (Lipinski definition) is 2. The predicted octanol–water partition coefficient (Wildman–Crippen LogP) is 6.21. The van der Waals surface area contributed by atoms with Crippen LogP contribution >= 0.6 is 7.60 Å². The van der Waals surface area contributed by atoms with Crippen molar-refractivity contribution in [3.05, 3.63) is 0 Å². The summed E-state index contributed by atoms with van der Waals surface area (Å²) in [7, 11) is -4.30. The lowest BCUT2D eigenvalue weighted by Gasteiger charge is -2.32. The fourth-order valence-corrected chi connectivity index (χ4v) is 4.95. The molecule has 0 aromatic heterocycles. The molecule has 0 spiro atoms. The second kappa shape index (κ2) is 15.5. The molecular weight excluding hydrogens is 363 g/mol. The Balaban J connectivity index is 4.90. The van der Waals surface area contributed by atoms with Gasteiger partial charge in [-0.1, -0.05) is 90.9 Å². The van der Waals surface area contributed by atoms with Gasteiger partial charge in [-0.15, -0.1) is 0 Å². The van der Waals surface area contributed by atoms with Gasteiger partial charge in [0.25, 0.3) is 0 Å². The van der Waals surface area contributed by atoms with Crippen LogP contribution in [0.4, 0.5) is 0 Å². The zero-order valence-corrected chi connectivity index (χ0v) is 18.8. The fourth-order valence-electron chi connectivity index (χ4n) is 3.72. The Morgan fingerprint density at radius 2 is 1.19 bits per heavy atom. The van der Waals surface area contributed by atoms with E-state index in [0.717, 1.165) is 38.5 Å². The Hall–Kier alpha value is -0.380. The SMILES string of the molecule is CCCCCCCCC(CCCCCCCC)(CP(=O)(O)O)C(=O)OCC. The largest absolute Gasteiger partial charge is 0.466 e. The molecule has 5 nitrogen and oxygen atoms in total. The predicted molar refractivity (Wildman–Crippen MR) is 112 cm³/mol. The minimum absolute atomic E-state index is 0.245. The lowest BCUT2D eigenvalue weighted by atomic mass is 9.79. The van der Waals surface area contributed by atoms with Gasteiger partial charge in [-0.05, 0) is 19.8 Å². The van der Waals surface area contributed by atoms with Gasteiger partial charge < -0.3 is 14.5 Å². The Kier molecular flexibility index (Phi) is 15.3. The molecule has 0 saturated carbocycles. The fraction of sp³-hybridized carbons (Fsp3) is 0.952. The summed E-state index contributed by atoms with van der Waals surface area (Å²) in [6, 6.07) is 0. The van der Waals surface area contributed by atoms with Crippen LogP contribution in [0.5, 0.6) is 0 Å². The van der Waals surface area contributed by atoms with Crippen LogP contribution in [0.15, 0.2) is 0 Å². The van der Waals surface area contributed by atoms with Gasteiger partial charge in [0.05, 0.1) is 18.2 Å². The number of rotatable bonds is 18. The number of carbonyl (C=O) groups excluding carboxylic acids is 1. The number of esters is 1. The van der Waals surface area contributed by atoms with Crippen LogP contribution in [0.25, 0.3) is 0 Å². The molecule has 27 heavy (non-hydrogen) atoms. The third kappa shape index (κ3) is 13.4. The number of unbranched alkanes of at least 4 members (excludes halogenated alkanes) is 10. The molecule has 0 aliphatic heterocycles. The van der Waals surface area contributed by atoms with Gasteiger partial charge in [0.2, 0.25) is 0 Å². The van der Waals surface area contributed by atoms with Gasteiger partial charge in [0.15, 0.2) is 0 Å². The highest BCUT2D eigenvalue weighted by molar-refractivity contribution is 7.51. The first kappa shape index (κ1) is 26.6. The number of hydrogen-bond acceptors (Lipinski definition) is 3. The molecular formula is C21H43O5P. The van der Waals surface area contributed by atoms with Crippen LogP contribution in [0, 0.1) is 5.41 Å². The zero-order valence-electron chi connectivity index (χ0n) is 17.9. The highest BCUT2D eigenvalue weighted by Crippen LogP contribution is 2.47. The topological polar surface area (TPSA) is 83.8 Å². The van der Waals surface area contributed by atoms with Crippen LogP contribution in [-0.4, -0.2) is 28.5 Å². The third-order valence-corrected chi connectivity index (χ3v) is 6.25. The summed E-state index contributed by atoms with van der Waals surface area (Å²) in [5.41, 5.74) is -1.04. The van der Waals surface area contributed by atoms with Crippen molar-refractivity contribution in [1.82, 2.24) is 0 Å². The maximum absolute atomic E-state index is 12.7. The molecule has 0 amide bonds. The van der Waals surface area contributed by atoms with E-state index in [1.54, 1.807) is 6.92 Å². The standard InChI is InChI=1S/C21H43O5P/c1-4-7-9-11-13-15-17-21(19-27(23,24)25,20(22)26-6-3)18-16-14-12-10-8-5-2/h4-19H2,1-3H3,(H2,23,24,25). The Labute approximate surface area is 166 Å². The molecule has 6 heteroatoms. The van der Waals surface area contributed by atoms with Crippen molar-refractivity contribution in [2.24, 2.45) is 5.41 Å². The molecule has 0 radical (unpaired) electrons. The van der Waals surface area contributed by atoms with Gasteiger partial charge >= 0.3 is 13.6 Å². The number of ether oxygens (including phenoxy) is 1. The first-order valence-corrected chi connectivity index (χ1v) is 12.8. The minimum Gasteiger partial charge on any atom is -0.466 e. The van der Waals surface area contributed by atoms with E-state index in [2.05, 4.69) is 13.8 Å². The summed E-state index contributed by atoms with van der Waals surface area (Å²) in [4.78, 5) is 31.9. The smallest absolute Gasteiger partial charge is 0.326 e. The normalized spacial score (nSPS) is 12.3. The van der Waals surface area contributed by atoms with Gasteiger partial charge in [-0.3, -0.25) is 9.36 Å². The molecule has 2 N–H and O–H groups in total. The van der Waals surface area contributed by atoms with Crippen LogP contribution in [0.3, 0.4) is 0 Å². The quantitative estimate of drug-likeness (QED) is 0.160. The van der Waals surface area contributed by atoms with E-state index in [9.17, 15) is 19.1 Å². The van der Waals surface area contributed by atoms with Gasteiger partial charge in [0.1, 0.15) is 0 Å². The monoisotopic (exact) mass is 406 g/mol. The van der Waals surface area contributed by atoms with Crippen molar-refractivity contribution in [1.29, 1.82) is 0 Å².